The monoisotopic (exact) mass is 308 g/mol. The molecule has 0 bridgehead atoms. The van der Waals surface area contributed by atoms with Gasteiger partial charge in [-0.3, -0.25) is 0 Å². The van der Waals surface area contributed by atoms with Crippen molar-refractivity contribution in [3.05, 3.63) is 56.6 Å². The molecule has 2 N–H and O–H groups in total. The Morgan fingerprint density at radius 1 is 0.750 bits per heavy atom. The van der Waals surface area contributed by atoms with E-state index in [1.165, 1.54) is 0 Å². The first-order valence-electron chi connectivity index (χ1n) is 6.05. The van der Waals surface area contributed by atoms with Gasteiger partial charge in [0.05, 0.1) is 0 Å². The predicted molar refractivity (Wildman–Crippen MR) is 84.6 cm³/mol. The Hall–Kier alpha value is -1.64. The SMILES string of the molecule is Cc1cc(Cl)cc(C=Cc2cc(Cl)cc(C)c2O)c1O. The van der Waals surface area contributed by atoms with Crippen molar-refractivity contribution in [3.8, 4) is 11.5 Å². The summed E-state index contributed by atoms with van der Waals surface area (Å²) in [5, 5.41) is 21.1. The summed E-state index contributed by atoms with van der Waals surface area (Å²) in [5.41, 5.74) is 2.58. The molecule has 104 valence electrons. The van der Waals surface area contributed by atoms with Gasteiger partial charge in [0, 0.05) is 21.2 Å². The standard InChI is InChI=1S/C16H14Cl2O2/c1-9-5-13(17)7-11(15(9)19)3-4-12-8-14(18)6-10(2)16(12)20/h3-8,19-20H,1-2H3. The lowest BCUT2D eigenvalue weighted by Crippen LogP contribution is -1.83. The molecule has 0 spiro atoms. The molecule has 0 radical (unpaired) electrons. The van der Waals surface area contributed by atoms with Gasteiger partial charge >= 0.3 is 0 Å². The Morgan fingerprint density at radius 2 is 1.10 bits per heavy atom. The number of aryl methyl sites for hydroxylation is 2. The van der Waals surface area contributed by atoms with Crippen molar-refractivity contribution in [1.82, 2.24) is 0 Å². The fraction of sp³-hybridized carbons (Fsp3) is 0.125. The Kier molecular flexibility index (Phi) is 4.26. The molecule has 0 heterocycles. The lowest BCUT2D eigenvalue weighted by Gasteiger charge is -2.06. The van der Waals surface area contributed by atoms with Crippen LogP contribution in [0, 0.1) is 13.8 Å². The summed E-state index contributed by atoms with van der Waals surface area (Å²) in [6.07, 6.45) is 3.39. The fourth-order valence-electron chi connectivity index (χ4n) is 1.96. The normalized spacial score (nSPS) is 11.2. The lowest BCUT2D eigenvalue weighted by atomic mass is 10.1. The number of hydrogen-bond donors (Lipinski definition) is 2. The van der Waals surface area contributed by atoms with Crippen molar-refractivity contribution in [2.45, 2.75) is 13.8 Å². The van der Waals surface area contributed by atoms with E-state index in [0.29, 0.717) is 32.3 Å². The number of hydrogen-bond acceptors (Lipinski definition) is 2. The van der Waals surface area contributed by atoms with Crippen LogP contribution >= 0.6 is 23.2 Å². The van der Waals surface area contributed by atoms with Crippen molar-refractivity contribution in [3.63, 3.8) is 0 Å². The van der Waals surface area contributed by atoms with Crippen LogP contribution in [-0.4, -0.2) is 10.2 Å². The molecule has 0 aliphatic carbocycles. The van der Waals surface area contributed by atoms with E-state index in [4.69, 9.17) is 23.2 Å². The topological polar surface area (TPSA) is 40.5 Å². The second-order valence-corrected chi connectivity index (χ2v) is 5.53. The van der Waals surface area contributed by atoms with Crippen molar-refractivity contribution >= 4 is 35.4 Å². The number of phenols is 2. The lowest BCUT2D eigenvalue weighted by molar-refractivity contribution is 0.469. The molecule has 0 amide bonds. The van der Waals surface area contributed by atoms with Crippen LogP contribution in [0.1, 0.15) is 22.3 Å². The summed E-state index contributed by atoms with van der Waals surface area (Å²) >= 11 is 11.9. The molecule has 4 heteroatoms. The van der Waals surface area contributed by atoms with Crippen molar-refractivity contribution in [2.24, 2.45) is 0 Å². The maximum atomic E-state index is 9.98. The van der Waals surface area contributed by atoms with Gasteiger partial charge < -0.3 is 10.2 Å². The average molecular weight is 309 g/mol. The minimum atomic E-state index is 0.170. The minimum Gasteiger partial charge on any atom is -0.507 e. The van der Waals surface area contributed by atoms with Crippen LogP contribution in [0.3, 0.4) is 0 Å². The third-order valence-corrected chi connectivity index (χ3v) is 3.47. The molecule has 0 atom stereocenters. The van der Waals surface area contributed by atoms with Crippen LogP contribution in [0.2, 0.25) is 10.0 Å². The zero-order valence-corrected chi connectivity index (χ0v) is 12.6. The van der Waals surface area contributed by atoms with E-state index in [1.54, 1.807) is 50.3 Å². The van der Waals surface area contributed by atoms with Crippen molar-refractivity contribution < 1.29 is 10.2 Å². The minimum absolute atomic E-state index is 0.170. The molecule has 0 saturated carbocycles. The molecular weight excluding hydrogens is 295 g/mol. The molecule has 2 aromatic rings. The maximum Gasteiger partial charge on any atom is 0.125 e. The first-order chi connectivity index (χ1) is 9.38. The van der Waals surface area contributed by atoms with Gasteiger partial charge in [-0.1, -0.05) is 35.4 Å². The molecule has 0 aliphatic rings. The molecule has 2 nitrogen and oxygen atoms in total. The quantitative estimate of drug-likeness (QED) is 0.749. The number of halogens is 2. The smallest absolute Gasteiger partial charge is 0.125 e. The van der Waals surface area contributed by atoms with Gasteiger partial charge in [0.15, 0.2) is 0 Å². The Labute approximate surface area is 127 Å². The Balaban J connectivity index is 2.45. The van der Waals surface area contributed by atoms with E-state index in [0.717, 1.165) is 0 Å². The average Bonchev–Trinajstić information content (AvgIpc) is 2.37. The highest BCUT2D eigenvalue weighted by molar-refractivity contribution is 6.31. The Bertz CT molecular complexity index is 632. The number of rotatable bonds is 2. The highest BCUT2D eigenvalue weighted by Gasteiger charge is 2.06. The van der Waals surface area contributed by atoms with Crippen molar-refractivity contribution in [1.29, 1.82) is 0 Å². The molecular formula is C16H14Cl2O2. The van der Waals surface area contributed by atoms with Gasteiger partial charge in [0.2, 0.25) is 0 Å². The van der Waals surface area contributed by atoms with Crippen LogP contribution in [0.4, 0.5) is 0 Å². The zero-order chi connectivity index (χ0) is 14.9. The summed E-state index contributed by atoms with van der Waals surface area (Å²) in [7, 11) is 0. The summed E-state index contributed by atoms with van der Waals surface area (Å²) < 4.78 is 0. The van der Waals surface area contributed by atoms with Crippen molar-refractivity contribution in [2.75, 3.05) is 0 Å². The van der Waals surface area contributed by atoms with E-state index in [2.05, 4.69) is 0 Å². The second kappa shape index (κ2) is 5.78. The summed E-state index contributed by atoms with van der Waals surface area (Å²) in [4.78, 5) is 0. The molecule has 0 saturated heterocycles. The van der Waals surface area contributed by atoms with Crippen LogP contribution in [-0.2, 0) is 0 Å². The predicted octanol–water partition coefficient (Wildman–Crippen LogP) is 5.19. The van der Waals surface area contributed by atoms with Crippen LogP contribution in [0.5, 0.6) is 11.5 Å². The van der Waals surface area contributed by atoms with E-state index in [-0.39, 0.29) is 11.5 Å². The van der Waals surface area contributed by atoms with Gasteiger partial charge in [-0.2, -0.15) is 0 Å². The van der Waals surface area contributed by atoms with Gasteiger partial charge in [0.1, 0.15) is 11.5 Å². The molecule has 20 heavy (non-hydrogen) atoms. The summed E-state index contributed by atoms with van der Waals surface area (Å²) in [5.74, 6) is 0.341. The fourth-order valence-corrected chi connectivity index (χ4v) is 2.52. The summed E-state index contributed by atoms with van der Waals surface area (Å²) in [6.45, 7) is 3.55. The highest BCUT2D eigenvalue weighted by Crippen LogP contribution is 2.31. The molecule has 0 unspecified atom stereocenters. The van der Waals surface area contributed by atoms with Gasteiger partial charge in [-0.25, -0.2) is 0 Å². The zero-order valence-electron chi connectivity index (χ0n) is 11.1. The van der Waals surface area contributed by atoms with Gasteiger partial charge in [-0.05, 0) is 49.2 Å². The number of benzene rings is 2. The molecule has 0 aliphatic heterocycles. The van der Waals surface area contributed by atoms with E-state index >= 15 is 0 Å². The van der Waals surface area contributed by atoms with Gasteiger partial charge in [0.25, 0.3) is 0 Å². The van der Waals surface area contributed by atoms with Gasteiger partial charge in [-0.15, -0.1) is 0 Å². The van der Waals surface area contributed by atoms with E-state index in [1.807, 2.05) is 0 Å². The first kappa shape index (κ1) is 14.8. The van der Waals surface area contributed by atoms with Crippen LogP contribution in [0.25, 0.3) is 12.2 Å². The molecule has 0 fully saturated rings. The van der Waals surface area contributed by atoms with Crippen LogP contribution in [0.15, 0.2) is 24.3 Å². The third kappa shape index (κ3) is 3.09. The first-order valence-corrected chi connectivity index (χ1v) is 6.80. The molecule has 0 aromatic heterocycles. The molecule has 2 aromatic carbocycles. The third-order valence-electron chi connectivity index (χ3n) is 3.03. The highest BCUT2D eigenvalue weighted by atomic mass is 35.5. The largest absolute Gasteiger partial charge is 0.507 e. The van der Waals surface area contributed by atoms with E-state index in [9.17, 15) is 10.2 Å². The number of phenolic OH excluding ortho intramolecular Hbond substituents is 2. The maximum absolute atomic E-state index is 9.98. The Morgan fingerprint density at radius 3 is 1.45 bits per heavy atom. The second-order valence-electron chi connectivity index (χ2n) is 4.65. The molecule has 2 rings (SSSR count). The van der Waals surface area contributed by atoms with E-state index < -0.39 is 0 Å². The number of aromatic hydroxyl groups is 2. The van der Waals surface area contributed by atoms with Crippen LogP contribution < -0.4 is 0 Å². The summed E-state index contributed by atoms with van der Waals surface area (Å²) in [6, 6.07) is 6.70.